The van der Waals surface area contributed by atoms with Gasteiger partial charge in [-0.3, -0.25) is 5.32 Å². The second kappa shape index (κ2) is 5.30. The van der Waals surface area contributed by atoms with Crippen molar-refractivity contribution in [2.24, 2.45) is 0 Å². The third-order valence-corrected chi connectivity index (χ3v) is 2.53. The van der Waals surface area contributed by atoms with Gasteiger partial charge in [-0.1, -0.05) is 0 Å². The number of carbonyl (C=O) groups is 1. The van der Waals surface area contributed by atoms with Crippen molar-refractivity contribution in [2.75, 3.05) is 11.1 Å². The molecule has 0 aliphatic heterocycles. The van der Waals surface area contributed by atoms with Crippen LogP contribution in [-0.4, -0.2) is 11.2 Å². The summed E-state index contributed by atoms with van der Waals surface area (Å²) in [6.45, 7) is 1.91. The number of hydrogen-bond donors (Lipinski definition) is 3. The summed E-state index contributed by atoms with van der Waals surface area (Å²) in [4.78, 5) is 10.5. The smallest absolute Gasteiger partial charge is 0.409 e. The zero-order valence-electron chi connectivity index (χ0n) is 10.4. The molecule has 98 valence electrons. The topological polar surface area (TPSA) is 84.6 Å². The Balaban J connectivity index is 2.13. The summed E-state index contributed by atoms with van der Waals surface area (Å²) in [5, 5.41) is 10.8. The van der Waals surface area contributed by atoms with Gasteiger partial charge >= 0.3 is 6.09 Å². The van der Waals surface area contributed by atoms with E-state index in [4.69, 9.17) is 15.6 Å². The molecule has 2 aromatic rings. The van der Waals surface area contributed by atoms with Crippen molar-refractivity contribution >= 4 is 17.5 Å². The molecule has 0 atom stereocenters. The minimum Gasteiger partial charge on any atom is -0.465 e. The maximum absolute atomic E-state index is 10.5. The Morgan fingerprint density at radius 3 is 2.47 bits per heavy atom. The molecule has 0 radical (unpaired) electrons. The van der Waals surface area contributed by atoms with Gasteiger partial charge in [0.2, 0.25) is 0 Å². The van der Waals surface area contributed by atoms with E-state index >= 15 is 0 Å². The van der Waals surface area contributed by atoms with Crippen molar-refractivity contribution in [2.45, 2.75) is 6.92 Å². The quantitative estimate of drug-likeness (QED) is 0.736. The number of anilines is 2. The molecule has 0 bridgehead atoms. The van der Waals surface area contributed by atoms with E-state index in [9.17, 15) is 4.79 Å². The lowest BCUT2D eigenvalue weighted by Gasteiger charge is -2.09. The summed E-state index contributed by atoms with van der Waals surface area (Å²) in [6.07, 6.45) is -1.09. The molecule has 1 amide bonds. The van der Waals surface area contributed by atoms with Crippen LogP contribution >= 0.6 is 0 Å². The van der Waals surface area contributed by atoms with Crippen molar-refractivity contribution < 1.29 is 14.6 Å². The number of nitrogens with two attached hydrogens (primary N) is 1. The Hall–Kier alpha value is -2.69. The molecule has 0 fully saturated rings. The van der Waals surface area contributed by atoms with Gasteiger partial charge in [0.05, 0.1) is 0 Å². The molecular weight excluding hydrogens is 244 g/mol. The summed E-state index contributed by atoms with van der Waals surface area (Å²) in [7, 11) is 0. The van der Waals surface area contributed by atoms with E-state index in [-0.39, 0.29) is 0 Å². The highest BCUT2D eigenvalue weighted by molar-refractivity contribution is 5.82. The maximum atomic E-state index is 10.5. The number of benzene rings is 2. The third kappa shape index (κ3) is 3.38. The number of aryl methyl sites for hydroxylation is 1. The highest BCUT2D eigenvalue weighted by atomic mass is 16.5. The van der Waals surface area contributed by atoms with Crippen LogP contribution in [0.5, 0.6) is 11.5 Å². The van der Waals surface area contributed by atoms with Crippen LogP contribution in [0.25, 0.3) is 0 Å². The molecule has 0 aliphatic carbocycles. The second-order valence-corrected chi connectivity index (χ2v) is 4.08. The largest absolute Gasteiger partial charge is 0.465 e. The van der Waals surface area contributed by atoms with Crippen molar-refractivity contribution in [1.82, 2.24) is 0 Å². The van der Waals surface area contributed by atoms with Crippen molar-refractivity contribution in [1.29, 1.82) is 0 Å². The minimum absolute atomic E-state index is 0.494. The van der Waals surface area contributed by atoms with Crippen molar-refractivity contribution in [3.63, 3.8) is 0 Å². The van der Waals surface area contributed by atoms with Gasteiger partial charge < -0.3 is 15.6 Å². The second-order valence-electron chi connectivity index (χ2n) is 4.08. The molecule has 0 saturated carbocycles. The lowest BCUT2D eigenvalue weighted by molar-refractivity contribution is 0.209. The van der Waals surface area contributed by atoms with Gasteiger partial charge in [0.1, 0.15) is 11.5 Å². The van der Waals surface area contributed by atoms with Crippen molar-refractivity contribution in [3.8, 4) is 11.5 Å². The molecule has 2 aromatic carbocycles. The SMILES string of the molecule is Cc1cc(N)ccc1Oc1ccc(NC(=O)O)cc1. The van der Waals surface area contributed by atoms with Gasteiger partial charge in [0.25, 0.3) is 0 Å². The lowest BCUT2D eigenvalue weighted by atomic mass is 10.2. The summed E-state index contributed by atoms with van der Waals surface area (Å²) >= 11 is 0. The number of nitrogen functional groups attached to an aromatic ring is 1. The van der Waals surface area contributed by atoms with Crippen LogP contribution in [0.3, 0.4) is 0 Å². The minimum atomic E-state index is -1.09. The molecule has 0 unspecified atom stereocenters. The Kier molecular flexibility index (Phi) is 3.56. The molecule has 4 N–H and O–H groups in total. The van der Waals surface area contributed by atoms with E-state index < -0.39 is 6.09 Å². The van der Waals surface area contributed by atoms with E-state index in [0.717, 1.165) is 5.56 Å². The number of carboxylic acid groups (broad SMARTS) is 1. The van der Waals surface area contributed by atoms with Crippen LogP contribution in [0.15, 0.2) is 42.5 Å². The molecule has 0 saturated heterocycles. The Morgan fingerprint density at radius 2 is 1.89 bits per heavy atom. The van der Waals surface area contributed by atoms with Gasteiger partial charge in [-0.2, -0.15) is 0 Å². The zero-order chi connectivity index (χ0) is 13.8. The van der Waals surface area contributed by atoms with E-state index in [1.807, 2.05) is 13.0 Å². The molecule has 2 rings (SSSR count). The molecule has 5 nitrogen and oxygen atoms in total. The fourth-order valence-electron chi connectivity index (χ4n) is 1.64. The highest BCUT2D eigenvalue weighted by Crippen LogP contribution is 2.27. The van der Waals surface area contributed by atoms with E-state index in [0.29, 0.717) is 22.9 Å². The van der Waals surface area contributed by atoms with Gasteiger partial charge in [0.15, 0.2) is 0 Å². The number of rotatable bonds is 3. The summed E-state index contributed by atoms with van der Waals surface area (Å²) in [5.41, 5.74) is 7.79. The van der Waals surface area contributed by atoms with Gasteiger partial charge in [-0.05, 0) is 55.0 Å². The maximum Gasteiger partial charge on any atom is 0.409 e. The predicted octanol–water partition coefficient (Wildman–Crippen LogP) is 3.46. The molecule has 0 aromatic heterocycles. The molecular formula is C14H14N2O3. The zero-order valence-corrected chi connectivity index (χ0v) is 10.4. The van der Waals surface area contributed by atoms with Crippen molar-refractivity contribution in [3.05, 3.63) is 48.0 Å². The van der Waals surface area contributed by atoms with Crippen LogP contribution < -0.4 is 15.8 Å². The number of amides is 1. The van der Waals surface area contributed by atoms with E-state index in [1.54, 1.807) is 36.4 Å². The van der Waals surface area contributed by atoms with Crippen LogP contribution in [0.4, 0.5) is 16.2 Å². The fourth-order valence-corrected chi connectivity index (χ4v) is 1.64. The van der Waals surface area contributed by atoms with Gasteiger partial charge in [-0.25, -0.2) is 4.79 Å². The fraction of sp³-hybridized carbons (Fsp3) is 0.0714. The van der Waals surface area contributed by atoms with Gasteiger partial charge in [-0.15, -0.1) is 0 Å². The number of ether oxygens (including phenoxy) is 1. The Morgan fingerprint density at radius 1 is 1.21 bits per heavy atom. The average molecular weight is 258 g/mol. The lowest BCUT2D eigenvalue weighted by Crippen LogP contribution is -2.06. The number of nitrogens with one attached hydrogen (secondary N) is 1. The standard InChI is InChI=1S/C14H14N2O3/c1-9-8-10(15)2-7-13(9)19-12-5-3-11(4-6-12)16-14(17)18/h2-8,16H,15H2,1H3,(H,17,18). The summed E-state index contributed by atoms with van der Waals surface area (Å²) in [6, 6.07) is 12.1. The first-order valence-corrected chi connectivity index (χ1v) is 5.68. The number of hydrogen-bond acceptors (Lipinski definition) is 3. The Bertz CT molecular complexity index is 594. The summed E-state index contributed by atoms with van der Waals surface area (Å²) in [5.74, 6) is 1.34. The van der Waals surface area contributed by atoms with Crippen LogP contribution in [0.2, 0.25) is 0 Å². The highest BCUT2D eigenvalue weighted by Gasteiger charge is 2.03. The normalized spacial score (nSPS) is 9.95. The first-order chi connectivity index (χ1) is 9.04. The van der Waals surface area contributed by atoms with Crippen LogP contribution in [0, 0.1) is 6.92 Å². The van der Waals surface area contributed by atoms with E-state index in [1.165, 1.54) is 0 Å². The molecule has 5 heteroatoms. The van der Waals surface area contributed by atoms with Crippen LogP contribution in [-0.2, 0) is 0 Å². The third-order valence-electron chi connectivity index (χ3n) is 2.53. The first-order valence-electron chi connectivity index (χ1n) is 5.68. The monoisotopic (exact) mass is 258 g/mol. The van der Waals surface area contributed by atoms with E-state index in [2.05, 4.69) is 5.32 Å². The molecule has 0 spiro atoms. The first kappa shape index (κ1) is 12.8. The van der Waals surface area contributed by atoms with Crippen LogP contribution in [0.1, 0.15) is 5.56 Å². The summed E-state index contributed by atoms with van der Waals surface area (Å²) < 4.78 is 5.69. The van der Waals surface area contributed by atoms with Gasteiger partial charge in [0, 0.05) is 11.4 Å². The molecule has 19 heavy (non-hydrogen) atoms. The Labute approximate surface area is 110 Å². The predicted molar refractivity (Wildman–Crippen MR) is 73.8 cm³/mol. The molecule has 0 aliphatic rings. The molecule has 0 heterocycles. The average Bonchev–Trinajstić information content (AvgIpc) is 2.34.